The van der Waals surface area contributed by atoms with Crippen molar-refractivity contribution in [2.75, 3.05) is 13.1 Å². The number of rotatable bonds is 3. The van der Waals surface area contributed by atoms with Gasteiger partial charge in [0, 0.05) is 11.5 Å². The molecule has 1 aromatic heterocycles. The van der Waals surface area contributed by atoms with E-state index in [0.717, 1.165) is 29.7 Å². The molecule has 0 bridgehead atoms. The lowest BCUT2D eigenvalue weighted by molar-refractivity contribution is 0.452. The highest BCUT2D eigenvalue weighted by atomic mass is 79.9. The summed E-state index contributed by atoms with van der Waals surface area (Å²) in [6.07, 6.45) is 3.42. The molecule has 0 spiro atoms. The van der Waals surface area contributed by atoms with E-state index < -0.39 is 0 Å². The summed E-state index contributed by atoms with van der Waals surface area (Å²) in [5.74, 6) is 0.585. The molecule has 0 saturated carbocycles. The van der Waals surface area contributed by atoms with E-state index in [1.54, 1.807) is 0 Å². The number of hydrogen-bond donors (Lipinski definition) is 2. The van der Waals surface area contributed by atoms with Crippen molar-refractivity contribution < 1.29 is 0 Å². The minimum atomic E-state index is 0.585. The van der Waals surface area contributed by atoms with Crippen LogP contribution in [0.1, 0.15) is 36.9 Å². The standard InChI is InChI=1S/C16H20BrN3/c1-2-11-3-5-12(6-4-11)15-14(17)16(20-19-15)13-7-9-18-10-8-13/h3-6,13,18H,2,7-10H2,1H3,(H,19,20). The van der Waals surface area contributed by atoms with Crippen LogP contribution in [0.4, 0.5) is 0 Å². The summed E-state index contributed by atoms with van der Waals surface area (Å²) in [5.41, 5.74) is 4.81. The number of halogens is 1. The van der Waals surface area contributed by atoms with Crippen LogP contribution in [0.2, 0.25) is 0 Å². The first kappa shape index (κ1) is 13.8. The lowest BCUT2D eigenvalue weighted by Gasteiger charge is -2.21. The molecule has 4 heteroatoms. The van der Waals surface area contributed by atoms with Gasteiger partial charge in [-0.2, -0.15) is 5.10 Å². The molecule has 0 atom stereocenters. The number of aromatic amines is 1. The Hall–Kier alpha value is -1.13. The molecule has 2 aromatic rings. The van der Waals surface area contributed by atoms with Gasteiger partial charge in [-0.3, -0.25) is 5.10 Å². The smallest absolute Gasteiger partial charge is 0.107 e. The van der Waals surface area contributed by atoms with Gasteiger partial charge in [0.25, 0.3) is 0 Å². The summed E-state index contributed by atoms with van der Waals surface area (Å²) in [5, 5.41) is 11.2. The number of nitrogens with zero attached hydrogens (tertiary/aromatic N) is 1. The van der Waals surface area contributed by atoms with E-state index >= 15 is 0 Å². The first-order valence-electron chi connectivity index (χ1n) is 7.33. The summed E-state index contributed by atoms with van der Waals surface area (Å²) in [6, 6.07) is 8.68. The Morgan fingerprint density at radius 2 is 1.90 bits per heavy atom. The highest BCUT2D eigenvalue weighted by molar-refractivity contribution is 9.10. The van der Waals surface area contributed by atoms with Crippen molar-refractivity contribution in [3.8, 4) is 11.3 Å². The number of hydrogen-bond acceptors (Lipinski definition) is 2. The van der Waals surface area contributed by atoms with Crippen LogP contribution in [0.15, 0.2) is 28.7 Å². The fourth-order valence-electron chi connectivity index (χ4n) is 2.81. The van der Waals surface area contributed by atoms with Crippen molar-refractivity contribution in [2.24, 2.45) is 0 Å². The molecule has 2 N–H and O–H groups in total. The van der Waals surface area contributed by atoms with Crippen molar-refractivity contribution in [3.63, 3.8) is 0 Å². The fraction of sp³-hybridized carbons (Fsp3) is 0.438. The summed E-state index contributed by atoms with van der Waals surface area (Å²) in [4.78, 5) is 0. The molecule has 0 amide bonds. The Bertz CT molecular complexity index is 568. The second-order valence-corrected chi connectivity index (χ2v) is 6.17. The number of benzene rings is 1. The van der Waals surface area contributed by atoms with Crippen molar-refractivity contribution in [2.45, 2.75) is 32.1 Å². The van der Waals surface area contributed by atoms with Crippen molar-refractivity contribution >= 4 is 15.9 Å². The minimum absolute atomic E-state index is 0.585. The molecule has 1 fully saturated rings. The lowest BCUT2D eigenvalue weighted by atomic mass is 9.94. The average Bonchev–Trinajstić information content (AvgIpc) is 2.90. The van der Waals surface area contributed by atoms with Crippen molar-refractivity contribution in [3.05, 3.63) is 40.0 Å². The molecule has 0 unspecified atom stereocenters. The molecule has 0 radical (unpaired) electrons. The monoisotopic (exact) mass is 333 g/mol. The molecule has 3 rings (SSSR count). The summed E-state index contributed by atoms with van der Waals surface area (Å²) < 4.78 is 1.13. The Morgan fingerprint density at radius 3 is 2.55 bits per heavy atom. The van der Waals surface area contributed by atoms with Crippen LogP contribution >= 0.6 is 15.9 Å². The van der Waals surface area contributed by atoms with Crippen LogP contribution in [0, 0.1) is 0 Å². The van der Waals surface area contributed by atoms with E-state index in [-0.39, 0.29) is 0 Å². The van der Waals surface area contributed by atoms with Crippen LogP contribution in [0.5, 0.6) is 0 Å². The third kappa shape index (κ3) is 2.67. The highest BCUT2D eigenvalue weighted by Gasteiger charge is 2.22. The molecule has 0 aliphatic carbocycles. The Balaban J connectivity index is 1.88. The third-order valence-electron chi connectivity index (χ3n) is 4.12. The predicted molar refractivity (Wildman–Crippen MR) is 85.9 cm³/mol. The number of nitrogens with one attached hydrogen (secondary N) is 2. The summed E-state index contributed by atoms with van der Waals surface area (Å²) >= 11 is 3.74. The molecule has 2 heterocycles. The van der Waals surface area contributed by atoms with Gasteiger partial charge in [0.2, 0.25) is 0 Å². The van der Waals surface area contributed by atoms with Crippen LogP contribution in [0.3, 0.4) is 0 Å². The molecule has 1 saturated heterocycles. The van der Waals surface area contributed by atoms with Crippen LogP contribution in [-0.2, 0) is 6.42 Å². The first-order valence-corrected chi connectivity index (χ1v) is 8.12. The van der Waals surface area contributed by atoms with Crippen LogP contribution in [-0.4, -0.2) is 23.3 Å². The van der Waals surface area contributed by atoms with Gasteiger partial charge in [0.15, 0.2) is 0 Å². The topological polar surface area (TPSA) is 40.7 Å². The number of aromatic nitrogens is 2. The van der Waals surface area contributed by atoms with E-state index in [1.165, 1.54) is 29.7 Å². The molecule has 1 aliphatic rings. The number of aryl methyl sites for hydroxylation is 1. The molecule has 1 aliphatic heterocycles. The Labute approximate surface area is 128 Å². The quantitative estimate of drug-likeness (QED) is 0.895. The SMILES string of the molecule is CCc1ccc(-c2n[nH]c(C3CCNCC3)c2Br)cc1. The molecule has 106 valence electrons. The zero-order valence-corrected chi connectivity index (χ0v) is 13.3. The normalized spacial score (nSPS) is 16.5. The van der Waals surface area contributed by atoms with E-state index in [4.69, 9.17) is 0 Å². The van der Waals surface area contributed by atoms with Crippen molar-refractivity contribution in [1.29, 1.82) is 0 Å². The van der Waals surface area contributed by atoms with Crippen LogP contribution in [0.25, 0.3) is 11.3 Å². The van der Waals surface area contributed by atoms with Gasteiger partial charge in [-0.05, 0) is 53.8 Å². The third-order valence-corrected chi connectivity index (χ3v) is 4.92. The van der Waals surface area contributed by atoms with Gasteiger partial charge in [0.1, 0.15) is 5.69 Å². The number of piperidine rings is 1. The zero-order valence-electron chi connectivity index (χ0n) is 11.7. The highest BCUT2D eigenvalue weighted by Crippen LogP contribution is 2.35. The van der Waals surface area contributed by atoms with E-state index in [0.29, 0.717) is 5.92 Å². The predicted octanol–water partition coefficient (Wildman–Crippen LogP) is 3.87. The minimum Gasteiger partial charge on any atom is -0.317 e. The first-order chi connectivity index (χ1) is 9.79. The molecule has 1 aromatic carbocycles. The largest absolute Gasteiger partial charge is 0.317 e. The molecular formula is C16H20BrN3. The molecule has 3 nitrogen and oxygen atoms in total. The molecular weight excluding hydrogens is 314 g/mol. The van der Waals surface area contributed by atoms with Gasteiger partial charge in [-0.1, -0.05) is 31.2 Å². The maximum Gasteiger partial charge on any atom is 0.107 e. The Morgan fingerprint density at radius 1 is 1.20 bits per heavy atom. The van der Waals surface area contributed by atoms with Crippen LogP contribution < -0.4 is 5.32 Å². The summed E-state index contributed by atoms with van der Waals surface area (Å²) in [7, 11) is 0. The second kappa shape index (κ2) is 6.10. The van der Waals surface area contributed by atoms with Gasteiger partial charge >= 0.3 is 0 Å². The van der Waals surface area contributed by atoms with Gasteiger partial charge < -0.3 is 5.32 Å². The van der Waals surface area contributed by atoms with E-state index in [2.05, 4.69) is 62.6 Å². The van der Waals surface area contributed by atoms with E-state index in [9.17, 15) is 0 Å². The lowest BCUT2D eigenvalue weighted by Crippen LogP contribution is -2.26. The van der Waals surface area contributed by atoms with Crippen molar-refractivity contribution in [1.82, 2.24) is 15.5 Å². The molecule has 20 heavy (non-hydrogen) atoms. The van der Waals surface area contributed by atoms with E-state index in [1.807, 2.05) is 0 Å². The van der Waals surface area contributed by atoms with Gasteiger partial charge in [-0.25, -0.2) is 0 Å². The average molecular weight is 334 g/mol. The number of H-pyrrole nitrogens is 1. The zero-order chi connectivity index (χ0) is 13.9. The second-order valence-electron chi connectivity index (χ2n) is 5.37. The Kier molecular flexibility index (Phi) is 4.22. The van der Waals surface area contributed by atoms with Gasteiger partial charge in [0.05, 0.1) is 10.2 Å². The van der Waals surface area contributed by atoms with Gasteiger partial charge in [-0.15, -0.1) is 0 Å². The summed E-state index contributed by atoms with van der Waals surface area (Å²) in [6.45, 7) is 4.36. The fourth-order valence-corrected chi connectivity index (χ4v) is 3.54. The maximum atomic E-state index is 4.52. The maximum absolute atomic E-state index is 4.52.